The Bertz CT molecular complexity index is 1030. The highest BCUT2D eigenvalue weighted by molar-refractivity contribution is 6.00. The van der Waals surface area contributed by atoms with Gasteiger partial charge in [0.1, 0.15) is 5.82 Å². The van der Waals surface area contributed by atoms with Crippen LogP contribution in [0.2, 0.25) is 0 Å². The van der Waals surface area contributed by atoms with Crippen LogP contribution in [0.5, 0.6) is 0 Å². The molecule has 0 aliphatic carbocycles. The maximum absolute atomic E-state index is 12.2. The van der Waals surface area contributed by atoms with E-state index in [-0.39, 0.29) is 6.03 Å². The van der Waals surface area contributed by atoms with E-state index >= 15 is 0 Å². The van der Waals surface area contributed by atoms with Crippen molar-refractivity contribution in [3.63, 3.8) is 0 Å². The number of urea groups is 1. The summed E-state index contributed by atoms with van der Waals surface area (Å²) in [6, 6.07) is 22.9. The Balaban J connectivity index is 1.51. The molecule has 0 saturated carbocycles. The molecule has 0 atom stereocenters. The summed E-state index contributed by atoms with van der Waals surface area (Å²) in [5.41, 5.74) is 5.41. The van der Waals surface area contributed by atoms with Crippen molar-refractivity contribution in [2.75, 3.05) is 10.6 Å². The predicted octanol–water partition coefficient (Wildman–Crippen LogP) is 5.18. The topological polar surface area (TPSA) is 69.8 Å². The lowest BCUT2D eigenvalue weighted by atomic mass is 10.2. The second-order valence-electron chi connectivity index (χ2n) is 6.13. The molecule has 0 fully saturated rings. The maximum atomic E-state index is 12.2. The van der Waals surface area contributed by atoms with Gasteiger partial charge in [0.2, 0.25) is 0 Å². The first-order valence-corrected chi connectivity index (χ1v) is 8.37. The smallest absolute Gasteiger partial charge is 0.323 e. The number of nitrogens with zero attached hydrogens (tertiary/aromatic N) is 1. The van der Waals surface area contributed by atoms with E-state index in [9.17, 15) is 4.79 Å². The van der Waals surface area contributed by atoms with Crippen molar-refractivity contribution >= 4 is 28.4 Å². The Labute approximate surface area is 151 Å². The van der Waals surface area contributed by atoms with Crippen LogP contribution < -0.4 is 10.6 Å². The zero-order valence-electron chi connectivity index (χ0n) is 14.3. The third-order valence-corrected chi connectivity index (χ3v) is 4.09. The summed E-state index contributed by atoms with van der Waals surface area (Å²) in [7, 11) is 0. The van der Waals surface area contributed by atoms with Crippen LogP contribution >= 0.6 is 0 Å². The number of rotatable bonds is 3. The Hall–Kier alpha value is -3.60. The van der Waals surface area contributed by atoms with E-state index in [0.717, 1.165) is 33.7 Å². The highest BCUT2D eigenvalue weighted by Crippen LogP contribution is 2.23. The number of benzene rings is 3. The largest absolute Gasteiger partial charge is 0.338 e. The maximum Gasteiger partial charge on any atom is 0.323 e. The molecular formula is C21H18N4O. The highest BCUT2D eigenvalue weighted by Gasteiger charge is 2.07. The third-order valence-electron chi connectivity index (χ3n) is 4.09. The number of aromatic amines is 1. The fourth-order valence-corrected chi connectivity index (χ4v) is 2.76. The van der Waals surface area contributed by atoms with Gasteiger partial charge >= 0.3 is 6.03 Å². The lowest BCUT2D eigenvalue weighted by Crippen LogP contribution is -2.19. The summed E-state index contributed by atoms with van der Waals surface area (Å²) in [6.07, 6.45) is 0. The molecule has 2 amide bonds. The average molecular weight is 342 g/mol. The number of para-hydroxylation sites is 2. The Kier molecular flexibility index (Phi) is 4.11. The number of nitrogens with one attached hydrogen (secondary N) is 3. The van der Waals surface area contributed by atoms with Gasteiger partial charge in [-0.3, -0.25) is 0 Å². The molecule has 0 unspecified atom stereocenters. The minimum atomic E-state index is -0.282. The first-order valence-electron chi connectivity index (χ1n) is 8.37. The van der Waals surface area contributed by atoms with Crippen LogP contribution in [0.15, 0.2) is 72.8 Å². The molecule has 4 aromatic rings. The molecule has 26 heavy (non-hydrogen) atoms. The minimum Gasteiger partial charge on any atom is -0.338 e. The van der Waals surface area contributed by atoms with E-state index in [1.54, 1.807) is 0 Å². The SMILES string of the molecule is Cc1ccc(NC(=O)Nc2cccc(-c3nc4ccccc4[nH]3)c2)cc1. The Morgan fingerprint density at radius 2 is 1.65 bits per heavy atom. The van der Waals surface area contributed by atoms with Crippen molar-refractivity contribution in [3.8, 4) is 11.4 Å². The van der Waals surface area contributed by atoms with Gasteiger partial charge in [-0.1, -0.05) is 42.0 Å². The Morgan fingerprint density at radius 3 is 2.46 bits per heavy atom. The van der Waals surface area contributed by atoms with Gasteiger partial charge in [0.25, 0.3) is 0 Å². The molecule has 3 aromatic carbocycles. The van der Waals surface area contributed by atoms with E-state index in [1.807, 2.05) is 79.7 Å². The average Bonchev–Trinajstić information content (AvgIpc) is 3.08. The van der Waals surface area contributed by atoms with Crippen molar-refractivity contribution in [2.24, 2.45) is 0 Å². The zero-order valence-corrected chi connectivity index (χ0v) is 14.3. The lowest BCUT2D eigenvalue weighted by Gasteiger charge is -2.08. The van der Waals surface area contributed by atoms with Gasteiger partial charge in [-0.05, 0) is 43.3 Å². The second kappa shape index (κ2) is 6.72. The van der Waals surface area contributed by atoms with Crippen LogP contribution in [-0.4, -0.2) is 16.0 Å². The van der Waals surface area contributed by atoms with Gasteiger partial charge < -0.3 is 15.6 Å². The number of aryl methyl sites for hydroxylation is 1. The fourth-order valence-electron chi connectivity index (χ4n) is 2.76. The molecule has 0 aliphatic rings. The number of H-pyrrole nitrogens is 1. The molecule has 5 heteroatoms. The van der Waals surface area contributed by atoms with Gasteiger partial charge in [-0.25, -0.2) is 9.78 Å². The normalized spacial score (nSPS) is 10.7. The monoisotopic (exact) mass is 342 g/mol. The van der Waals surface area contributed by atoms with Crippen LogP contribution in [0.25, 0.3) is 22.4 Å². The number of hydrogen-bond acceptors (Lipinski definition) is 2. The van der Waals surface area contributed by atoms with Gasteiger partial charge in [0.15, 0.2) is 0 Å². The van der Waals surface area contributed by atoms with Crippen molar-refractivity contribution in [1.82, 2.24) is 9.97 Å². The molecule has 4 rings (SSSR count). The van der Waals surface area contributed by atoms with Crippen molar-refractivity contribution < 1.29 is 4.79 Å². The summed E-state index contributed by atoms with van der Waals surface area (Å²) in [4.78, 5) is 20.1. The third kappa shape index (κ3) is 3.42. The number of anilines is 2. The summed E-state index contributed by atoms with van der Waals surface area (Å²) in [5, 5.41) is 5.68. The van der Waals surface area contributed by atoms with E-state index in [2.05, 4.69) is 20.6 Å². The van der Waals surface area contributed by atoms with E-state index in [0.29, 0.717) is 5.69 Å². The molecule has 5 nitrogen and oxygen atoms in total. The lowest BCUT2D eigenvalue weighted by molar-refractivity contribution is 0.262. The van der Waals surface area contributed by atoms with Crippen LogP contribution in [-0.2, 0) is 0 Å². The van der Waals surface area contributed by atoms with Crippen molar-refractivity contribution in [1.29, 1.82) is 0 Å². The molecule has 3 N–H and O–H groups in total. The molecule has 0 aliphatic heterocycles. The minimum absolute atomic E-state index is 0.282. The van der Waals surface area contributed by atoms with E-state index in [1.165, 1.54) is 0 Å². The number of hydrogen-bond donors (Lipinski definition) is 3. The number of carbonyl (C=O) groups is 1. The van der Waals surface area contributed by atoms with Gasteiger partial charge in [-0.15, -0.1) is 0 Å². The van der Waals surface area contributed by atoms with Crippen LogP contribution in [0.1, 0.15) is 5.56 Å². The second-order valence-corrected chi connectivity index (χ2v) is 6.13. The van der Waals surface area contributed by atoms with Crippen LogP contribution in [0, 0.1) is 6.92 Å². The number of fused-ring (bicyclic) bond motifs is 1. The zero-order chi connectivity index (χ0) is 17.9. The molecule has 1 heterocycles. The highest BCUT2D eigenvalue weighted by atomic mass is 16.2. The Morgan fingerprint density at radius 1 is 0.885 bits per heavy atom. The number of imidazole rings is 1. The molecule has 128 valence electrons. The summed E-state index contributed by atoms with van der Waals surface area (Å²) in [5.74, 6) is 0.772. The van der Waals surface area contributed by atoms with Crippen molar-refractivity contribution in [3.05, 3.63) is 78.4 Å². The molecule has 0 saturated heterocycles. The van der Waals surface area contributed by atoms with E-state index in [4.69, 9.17) is 0 Å². The standard InChI is InChI=1S/C21H18N4O/c1-14-9-11-16(12-10-14)22-21(26)23-17-6-4-5-15(13-17)20-24-18-7-2-3-8-19(18)25-20/h2-13H,1H3,(H,24,25)(H2,22,23,26). The van der Waals surface area contributed by atoms with Crippen LogP contribution in [0.4, 0.5) is 16.2 Å². The molecular weight excluding hydrogens is 324 g/mol. The summed E-state index contributed by atoms with van der Waals surface area (Å²) in [6.45, 7) is 2.01. The van der Waals surface area contributed by atoms with Gasteiger partial charge in [0, 0.05) is 16.9 Å². The quantitative estimate of drug-likeness (QED) is 0.480. The van der Waals surface area contributed by atoms with Crippen molar-refractivity contribution in [2.45, 2.75) is 6.92 Å². The summed E-state index contributed by atoms with van der Waals surface area (Å²) >= 11 is 0. The molecule has 0 spiro atoms. The molecule has 1 aromatic heterocycles. The van der Waals surface area contributed by atoms with Gasteiger partial charge in [-0.2, -0.15) is 0 Å². The number of aromatic nitrogens is 2. The van der Waals surface area contributed by atoms with Gasteiger partial charge in [0.05, 0.1) is 11.0 Å². The summed E-state index contributed by atoms with van der Waals surface area (Å²) < 4.78 is 0. The first kappa shape index (κ1) is 15.9. The molecule has 0 radical (unpaired) electrons. The van der Waals surface area contributed by atoms with Crippen LogP contribution in [0.3, 0.4) is 0 Å². The number of amides is 2. The fraction of sp³-hybridized carbons (Fsp3) is 0.0476. The molecule has 0 bridgehead atoms. The van der Waals surface area contributed by atoms with E-state index < -0.39 is 0 Å². The number of carbonyl (C=O) groups excluding carboxylic acids is 1. The predicted molar refractivity (Wildman–Crippen MR) is 105 cm³/mol. The first-order chi connectivity index (χ1) is 12.7.